The Morgan fingerprint density at radius 2 is 1.65 bits per heavy atom. The summed E-state index contributed by atoms with van der Waals surface area (Å²) in [6.45, 7) is 9.10. The molecule has 1 aliphatic heterocycles. The Kier molecular flexibility index (Phi) is 5.25. The largest absolute Gasteiger partial charge is 0.496 e. The van der Waals surface area contributed by atoms with Crippen LogP contribution in [0.1, 0.15) is 33.3 Å². The minimum atomic E-state index is -0.334. The van der Waals surface area contributed by atoms with Crippen molar-refractivity contribution < 1.29 is 9.31 Å². The highest BCUT2D eigenvalue weighted by Crippen LogP contribution is 2.36. The van der Waals surface area contributed by atoms with Crippen LogP contribution in [0, 0.1) is 0 Å². The molecule has 1 aromatic rings. The Balaban J connectivity index is 0.00000200. The molecule has 0 amide bonds. The summed E-state index contributed by atoms with van der Waals surface area (Å²) in [4.78, 5) is 6.41. The van der Waals surface area contributed by atoms with Gasteiger partial charge in [0, 0.05) is 24.4 Å². The summed E-state index contributed by atoms with van der Waals surface area (Å²) >= 11 is 0. The van der Waals surface area contributed by atoms with Crippen LogP contribution in [-0.4, -0.2) is 42.3 Å². The average Bonchev–Trinajstić information content (AvgIpc) is 2.47. The summed E-state index contributed by atoms with van der Waals surface area (Å²) in [6.07, 6.45) is 3.70. The maximum atomic E-state index is 6.03. The molecule has 0 radical (unpaired) electrons. The quantitative estimate of drug-likeness (QED) is 0.798. The second-order valence-electron chi connectivity index (χ2n) is 6.45. The highest BCUT2D eigenvalue weighted by atomic mass is 35.5. The second-order valence-corrected chi connectivity index (χ2v) is 6.45. The lowest BCUT2D eigenvalue weighted by atomic mass is 9.80. The molecule has 6 heteroatoms. The molecule has 1 aliphatic rings. The van der Waals surface area contributed by atoms with Crippen LogP contribution in [0.4, 0.5) is 0 Å². The van der Waals surface area contributed by atoms with E-state index in [1.807, 2.05) is 26.5 Å². The van der Waals surface area contributed by atoms with Gasteiger partial charge >= 0.3 is 7.12 Å². The van der Waals surface area contributed by atoms with Gasteiger partial charge in [0.15, 0.2) is 0 Å². The minimum Gasteiger partial charge on any atom is -0.399 e. The Hall–Kier alpha value is -0.615. The van der Waals surface area contributed by atoms with Gasteiger partial charge in [0.25, 0.3) is 0 Å². The van der Waals surface area contributed by atoms with Crippen molar-refractivity contribution in [3.63, 3.8) is 0 Å². The Labute approximate surface area is 128 Å². The van der Waals surface area contributed by atoms with Crippen molar-refractivity contribution >= 4 is 25.0 Å². The van der Waals surface area contributed by atoms with Crippen LogP contribution in [0.25, 0.3) is 0 Å². The maximum absolute atomic E-state index is 6.03. The molecule has 4 nitrogen and oxygen atoms in total. The van der Waals surface area contributed by atoms with Gasteiger partial charge in [0.05, 0.1) is 11.2 Å². The first-order chi connectivity index (χ1) is 8.71. The number of hydrogen-bond acceptors (Lipinski definition) is 4. The number of aromatic nitrogens is 1. The lowest BCUT2D eigenvalue weighted by Crippen LogP contribution is -2.41. The number of rotatable bonds is 3. The molecule has 0 bridgehead atoms. The Morgan fingerprint density at radius 3 is 2.15 bits per heavy atom. The summed E-state index contributed by atoms with van der Waals surface area (Å²) in [6, 6.07) is 2.11. The summed E-state index contributed by atoms with van der Waals surface area (Å²) in [5.41, 5.74) is 1.53. The third-order valence-electron chi connectivity index (χ3n) is 3.84. The SMILES string of the molecule is CN(C)Cc1cncc(B2OC(C)(C)C(C)(C)O2)c1.Cl. The van der Waals surface area contributed by atoms with Crippen LogP contribution in [-0.2, 0) is 15.9 Å². The fourth-order valence-corrected chi connectivity index (χ4v) is 2.07. The zero-order valence-corrected chi connectivity index (χ0v) is 14.0. The zero-order chi connectivity index (χ0) is 14.3. The number of halogens is 1. The monoisotopic (exact) mass is 298 g/mol. The van der Waals surface area contributed by atoms with Gasteiger partial charge in [-0.3, -0.25) is 4.98 Å². The van der Waals surface area contributed by atoms with Gasteiger partial charge in [-0.15, -0.1) is 12.4 Å². The molecule has 0 spiro atoms. The topological polar surface area (TPSA) is 34.6 Å². The van der Waals surface area contributed by atoms with Gasteiger partial charge in [-0.25, -0.2) is 0 Å². The van der Waals surface area contributed by atoms with Crippen molar-refractivity contribution in [3.05, 3.63) is 24.0 Å². The van der Waals surface area contributed by atoms with Crippen molar-refractivity contribution in [1.82, 2.24) is 9.88 Å². The normalized spacial score (nSPS) is 20.1. The summed E-state index contributed by atoms with van der Waals surface area (Å²) < 4.78 is 12.1. The summed E-state index contributed by atoms with van der Waals surface area (Å²) in [7, 11) is 3.75. The van der Waals surface area contributed by atoms with Crippen LogP contribution in [0.2, 0.25) is 0 Å². The lowest BCUT2D eigenvalue weighted by molar-refractivity contribution is 0.00578. The first-order valence-corrected chi connectivity index (χ1v) is 6.65. The number of pyridine rings is 1. The highest BCUT2D eigenvalue weighted by molar-refractivity contribution is 6.62. The molecule has 0 atom stereocenters. The molecule has 0 unspecified atom stereocenters. The predicted octanol–water partition coefficient (Wildman–Crippen LogP) is 1.86. The van der Waals surface area contributed by atoms with E-state index in [1.54, 1.807) is 0 Å². The van der Waals surface area contributed by atoms with Gasteiger partial charge in [0.2, 0.25) is 0 Å². The fraction of sp³-hybridized carbons (Fsp3) is 0.643. The smallest absolute Gasteiger partial charge is 0.399 e. The van der Waals surface area contributed by atoms with E-state index in [0.29, 0.717) is 0 Å². The third-order valence-corrected chi connectivity index (χ3v) is 3.84. The van der Waals surface area contributed by atoms with Crippen LogP contribution >= 0.6 is 12.4 Å². The first-order valence-electron chi connectivity index (χ1n) is 6.65. The Bertz CT molecular complexity index is 450. The van der Waals surface area contributed by atoms with Crippen molar-refractivity contribution in [2.75, 3.05) is 14.1 Å². The molecule has 0 aromatic carbocycles. The van der Waals surface area contributed by atoms with Gasteiger partial charge < -0.3 is 14.2 Å². The molecule has 0 aliphatic carbocycles. The zero-order valence-electron chi connectivity index (χ0n) is 13.1. The minimum absolute atomic E-state index is 0. The molecule has 0 saturated carbocycles. The van der Waals surface area contributed by atoms with Crippen molar-refractivity contribution in [1.29, 1.82) is 0 Å². The van der Waals surface area contributed by atoms with Gasteiger partial charge in [-0.05, 0) is 47.4 Å². The molecule has 2 rings (SSSR count). The fourth-order valence-electron chi connectivity index (χ4n) is 2.07. The molecule has 112 valence electrons. The van der Waals surface area contributed by atoms with Gasteiger partial charge in [-0.1, -0.05) is 6.07 Å². The standard InChI is InChI=1S/C14H23BN2O2.ClH/c1-13(2)14(3,4)19-15(18-13)12-7-11(8-16-9-12)10-17(5)6;/h7-9H,10H2,1-6H3;1H. The second kappa shape index (κ2) is 6.02. The van der Waals surface area contributed by atoms with Crippen LogP contribution in [0.5, 0.6) is 0 Å². The maximum Gasteiger partial charge on any atom is 0.496 e. The third kappa shape index (κ3) is 3.53. The van der Waals surface area contributed by atoms with E-state index in [-0.39, 0.29) is 30.7 Å². The van der Waals surface area contributed by atoms with Gasteiger partial charge in [-0.2, -0.15) is 0 Å². The van der Waals surface area contributed by atoms with Crippen molar-refractivity contribution in [3.8, 4) is 0 Å². The molecular formula is C14H24BClN2O2. The summed E-state index contributed by atoms with van der Waals surface area (Å²) in [5, 5.41) is 0. The Morgan fingerprint density at radius 1 is 1.10 bits per heavy atom. The van der Waals surface area contributed by atoms with E-state index in [9.17, 15) is 0 Å². The molecule has 0 N–H and O–H groups in total. The van der Waals surface area contributed by atoms with E-state index in [1.165, 1.54) is 0 Å². The van der Waals surface area contributed by atoms with Gasteiger partial charge in [0.1, 0.15) is 0 Å². The van der Waals surface area contributed by atoms with E-state index >= 15 is 0 Å². The van der Waals surface area contributed by atoms with E-state index < -0.39 is 0 Å². The van der Waals surface area contributed by atoms with Crippen LogP contribution in [0.15, 0.2) is 18.5 Å². The van der Waals surface area contributed by atoms with Crippen molar-refractivity contribution in [2.45, 2.75) is 45.4 Å². The van der Waals surface area contributed by atoms with Crippen molar-refractivity contribution in [2.24, 2.45) is 0 Å². The molecule has 1 fully saturated rings. The average molecular weight is 299 g/mol. The predicted molar refractivity (Wildman–Crippen MR) is 84.6 cm³/mol. The molecule has 20 heavy (non-hydrogen) atoms. The van der Waals surface area contributed by atoms with E-state index in [4.69, 9.17) is 9.31 Å². The molecule has 1 saturated heterocycles. The van der Waals surface area contributed by atoms with Crippen LogP contribution < -0.4 is 5.46 Å². The first kappa shape index (κ1) is 17.4. The van der Waals surface area contributed by atoms with E-state index in [2.05, 4.69) is 43.6 Å². The lowest BCUT2D eigenvalue weighted by Gasteiger charge is -2.32. The number of hydrogen-bond donors (Lipinski definition) is 0. The van der Waals surface area contributed by atoms with E-state index in [0.717, 1.165) is 17.6 Å². The highest BCUT2D eigenvalue weighted by Gasteiger charge is 2.51. The molecule has 2 heterocycles. The van der Waals surface area contributed by atoms with Crippen LogP contribution in [0.3, 0.4) is 0 Å². The molecular weight excluding hydrogens is 274 g/mol. The molecule has 1 aromatic heterocycles. The summed E-state index contributed by atoms with van der Waals surface area (Å²) in [5.74, 6) is 0. The number of nitrogens with zero attached hydrogens (tertiary/aromatic N) is 2.